The number of amides is 1. The van der Waals surface area contributed by atoms with Gasteiger partial charge < -0.3 is 10.4 Å². The van der Waals surface area contributed by atoms with Crippen LogP contribution >= 0.6 is 0 Å². The first kappa shape index (κ1) is 23.6. The van der Waals surface area contributed by atoms with Gasteiger partial charge in [-0.25, -0.2) is 9.50 Å². The fourth-order valence-electron chi connectivity index (χ4n) is 2.62. The second-order valence-corrected chi connectivity index (χ2v) is 5.48. The van der Waals surface area contributed by atoms with Crippen LogP contribution < -0.4 is 10.7 Å². The van der Waals surface area contributed by atoms with Crippen LogP contribution in [0.3, 0.4) is 0 Å². The monoisotopic (exact) mass is 386 g/mol. The van der Waals surface area contributed by atoms with Crippen molar-refractivity contribution in [2.24, 2.45) is 0 Å². The number of aromatic nitrogens is 3. The third kappa shape index (κ3) is 5.78. The normalized spacial score (nSPS) is 9.93. The number of nitrogens with zero attached hydrogens (tertiary/aromatic N) is 2. The quantitative estimate of drug-likeness (QED) is 0.510. The van der Waals surface area contributed by atoms with E-state index in [2.05, 4.69) is 15.4 Å². The number of pyridine rings is 1. The van der Waals surface area contributed by atoms with E-state index in [4.69, 9.17) is 5.11 Å². The van der Waals surface area contributed by atoms with Gasteiger partial charge >= 0.3 is 5.97 Å². The number of hydrogen-bond acceptors (Lipinski definition) is 4. The largest absolute Gasteiger partial charge is 0.480 e. The molecule has 1 aromatic carbocycles. The number of hydrogen-bond donors (Lipinski definition) is 3. The van der Waals surface area contributed by atoms with Crippen LogP contribution in [0.25, 0.3) is 5.65 Å². The molecule has 0 aliphatic carbocycles. The average molecular weight is 386 g/mol. The first-order chi connectivity index (χ1) is 12.1. The SMILES string of the molecule is O=C(O)CNC(=O)c1c(=O)cc(CCc2ccccc2)n2[nH]cnc12.[Na].[Na]. The number of carboxylic acid groups (broad SMARTS) is 1. The van der Waals surface area contributed by atoms with E-state index in [-0.39, 0.29) is 70.3 Å². The molecule has 2 heterocycles. The van der Waals surface area contributed by atoms with E-state index in [1.807, 2.05) is 30.3 Å². The molecule has 0 bridgehead atoms. The van der Waals surface area contributed by atoms with Crippen LogP contribution in [0.1, 0.15) is 21.6 Å². The van der Waals surface area contributed by atoms with Crippen LogP contribution in [0.4, 0.5) is 0 Å². The van der Waals surface area contributed by atoms with E-state index in [0.717, 1.165) is 12.0 Å². The number of aromatic amines is 1. The number of carboxylic acids is 1. The summed E-state index contributed by atoms with van der Waals surface area (Å²) in [4.78, 5) is 39.1. The minimum Gasteiger partial charge on any atom is -0.480 e. The molecule has 0 aliphatic rings. The standard InChI is InChI=1S/C17H16N4O4.2Na/c22-13-8-12(7-6-11-4-2-1-3-5-11)21-16(19-10-20-21)15(13)17(25)18-9-14(23)24;;/h1-5,8,10H,6-7,9H2,(H,18,25)(H,19,20)(H,23,24);;. The topological polar surface area (TPSA) is 117 Å². The van der Waals surface area contributed by atoms with Gasteiger partial charge in [-0.2, -0.15) is 0 Å². The van der Waals surface area contributed by atoms with Crippen molar-refractivity contribution >= 4 is 76.6 Å². The zero-order valence-corrected chi connectivity index (χ0v) is 19.2. The summed E-state index contributed by atoms with van der Waals surface area (Å²) < 4.78 is 1.57. The minimum absolute atomic E-state index is 0. The maximum absolute atomic E-state index is 12.4. The Morgan fingerprint density at radius 3 is 2.52 bits per heavy atom. The fourth-order valence-corrected chi connectivity index (χ4v) is 2.62. The first-order valence-electron chi connectivity index (χ1n) is 7.68. The smallest absolute Gasteiger partial charge is 0.322 e. The molecule has 0 saturated carbocycles. The summed E-state index contributed by atoms with van der Waals surface area (Å²) in [6.45, 7) is -0.565. The maximum atomic E-state index is 12.4. The van der Waals surface area contributed by atoms with E-state index in [0.29, 0.717) is 12.1 Å². The number of fused-ring (bicyclic) bond motifs is 1. The van der Waals surface area contributed by atoms with Gasteiger partial charge in [0.2, 0.25) is 0 Å². The van der Waals surface area contributed by atoms with Gasteiger partial charge in [0.05, 0.1) is 0 Å². The number of nitrogens with one attached hydrogen (secondary N) is 2. The van der Waals surface area contributed by atoms with Crippen molar-refractivity contribution in [3.63, 3.8) is 0 Å². The van der Waals surface area contributed by atoms with Crippen LogP contribution in [-0.4, -0.2) is 97.2 Å². The third-order valence-electron chi connectivity index (χ3n) is 3.78. The van der Waals surface area contributed by atoms with Gasteiger partial charge in [-0.3, -0.25) is 19.5 Å². The molecule has 0 saturated heterocycles. The number of aryl methyl sites for hydroxylation is 2. The van der Waals surface area contributed by atoms with Gasteiger partial charge in [0.1, 0.15) is 18.4 Å². The van der Waals surface area contributed by atoms with Crippen molar-refractivity contribution in [3.05, 3.63) is 69.8 Å². The minimum atomic E-state index is -1.19. The summed E-state index contributed by atoms with van der Waals surface area (Å²) in [5, 5.41) is 13.7. The van der Waals surface area contributed by atoms with Crippen molar-refractivity contribution in [2.45, 2.75) is 12.8 Å². The zero-order valence-electron chi connectivity index (χ0n) is 15.2. The average Bonchev–Trinajstić information content (AvgIpc) is 3.08. The molecule has 3 aromatic rings. The molecule has 8 nitrogen and oxygen atoms in total. The van der Waals surface area contributed by atoms with Crippen LogP contribution in [0.5, 0.6) is 0 Å². The van der Waals surface area contributed by atoms with Crippen LogP contribution in [0.15, 0.2) is 47.5 Å². The van der Waals surface area contributed by atoms with E-state index >= 15 is 0 Å². The second-order valence-electron chi connectivity index (χ2n) is 5.48. The Morgan fingerprint density at radius 2 is 1.85 bits per heavy atom. The molecule has 2 radical (unpaired) electrons. The van der Waals surface area contributed by atoms with Crippen molar-refractivity contribution in [1.82, 2.24) is 19.9 Å². The molecule has 10 heteroatoms. The zero-order chi connectivity index (χ0) is 17.8. The predicted octanol–water partition coefficient (Wildman–Crippen LogP) is -0.139. The summed E-state index contributed by atoms with van der Waals surface area (Å²) in [5.74, 6) is -1.95. The Hall–Kier alpha value is -1.42. The summed E-state index contributed by atoms with van der Waals surface area (Å²) in [6, 6.07) is 11.2. The number of carbonyl (C=O) groups is 2. The van der Waals surface area contributed by atoms with Gasteiger partial charge in [0, 0.05) is 70.9 Å². The Bertz CT molecular complexity index is 986. The number of H-pyrrole nitrogens is 1. The van der Waals surface area contributed by atoms with Gasteiger partial charge in [0.25, 0.3) is 5.91 Å². The van der Waals surface area contributed by atoms with E-state index in [1.54, 1.807) is 4.52 Å². The van der Waals surface area contributed by atoms with Crippen molar-refractivity contribution in [3.8, 4) is 0 Å². The molecule has 0 fully saturated rings. The molecule has 0 aliphatic heterocycles. The van der Waals surface area contributed by atoms with Gasteiger partial charge in [-0.15, -0.1) is 0 Å². The summed E-state index contributed by atoms with van der Waals surface area (Å²) in [5.41, 5.74) is 1.34. The molecule has 0 unspecified atom stereocenters. The molecular weight excluding hydrogens is 370 g/mol. The Morgan fingerprint density at radius 1 is 1.15 bits per heavy atom. The van der Waals surface area contributed by atoms with Gasteiger partial charge in [0.15, 0.2) is 11.1 Å². The molecule has 0 spiro atoms. The molecule has 130 valence electrons. The molecule has 2 aromatic heterocycles. The van der Waals surface area contributed by atoms with Crippen molar-refractivity contribution in [2.75, 3.05) is 6.54 Å². The van der Waals surface area contributed by atoms with Crippen LogP contribution in [0.2, 0.25) is 0 Å². The predicted molar refractivity (Wildman–Crippen MR) is 101 cm³/mol. The molecule has 27 heavy (non-hydrogen) atoms. The summed E-state index contributed by atoms with van der Waals surface area (Å²) in [7, 11) is 0. The van der Waals surface area contributed by atoms with E-state index in [1.165, 1.54) is 12.4 Å². The fraction of sp³-hybridized carbons (Fsp3) is 0.176. The van der Waals surface area contributed by atoms with Crippen LogP contribution in [-0.2, 0) is 17.6 Å². The number of rotatable bonds is 6. The molecule has 3 N–H and O–H groups in total. The molecule has 1 amide bonds. The molecule has 0 atom stereocenters. The number of aliphatic carboxylic acids is 1. The van der Waals surface area contributed by atoms with Crippen molar-refractivity contribution in [1.29, 1.82) is 0 Å². The van der Waals surface area contributed by atoms with E-state index < -0.39 is 23.9 Å². The second kappa shape index (κ2) is 10.8. The summed E-state index contributed by atoms with van der Waals surface area (Å²) >= 11 is 0. The number of benzene rings is 1. The number of carbonyl (C=O) groups excluding carboxylic acids is 1. The van der Waals surface area contributed by atoms with E-state index in [9.17, 15) is 14.4 Å². The Balaban J connectivity index is 0.00000182. The van der Waals surface area contributed by atoms with Gasteiger partial charge in [-0.05, 0) is 18.4 Å². The Labute approximate surface area is 198 Å². The first-order valence-corrected chi connectivity index (χ1v) is 7.68. The Kier molecular flexibility index (Phi) is 9.44. The molecular formula is C17H16N4Na2O4. The van der Waals surface area contributed by atoms with Crippen molar-refractivity contribution < 1.29 is 14.7 Å². The third-order valence-corrected chi connectivity index (χ3v) is 3.78. The maximum Gasteiger partial charge on any atom is 0.322 e. The molecule has 3 rings (SSSR count). The summed E-state index contributed by atoms with van der Waals surface area (Å²) in [6.07, 6.45) is 2.69. The van der Waals surface area contributed by atoms with Gasteiger partial charge in [-0.1, -0.05) is 30.3 Å². The van der Waals surface area contributed by atoms with Crippen LogP contribution in [0, 0.1) is 0 Å².